The van der Waals surface area contributed by atoms with Gasteiger partial charge in [-0.25, -0.2) is 4.79 Å². The first-order chi connectivity index (χ1) is 9.52. The van der Waals surface area contributed by atoms with Gasteiger partial charge in [0.1, 0.15) is 0 Å². The summed E-state index contributed by atoms with van der Waals surface area (Å²) in [6, 6.07) is 0.0231. The van der Waals surface area contributed by atoms with Gasteiger partial charge >= 0.3 is 12.0 Å². The fraction of sp³-hybridized carbons (Fsp3) is 0.857. The lowest BCUT2D eigenvalue weighted by Gasteiger charge is -2.32. The van der Waals surface area contributed by atoms with Gasteiger partial charge in [0, 0.05) is 31.3 Å². The number of amides is 2. The van der Waals surface area contributed by atoms with Gasteiger partial charge < -0.3 is 15.3 Å². The number of carboxylic acids is 1. The summed E-state index contributed by atoms with van der Waals surface area (Å²) in [6.45, 7) is 4.37. The van der Waals surface area contributed by atoms with Crippen molar-refractivity contribution in [2.45, 2.75) is 44.3 Å². The topological polar surface area (TPSA) is 69.6 Å². The molecule has 1 aliphatic heterocycles. The van der Waals surface area contributed by atoms with Crippen molar-refractivity contribution < 1.29 is 14.7 Å². The molecule has 1 fully saturated rings. The number of nitrogens with one attached hydrogen (secondary N) is 1. The van der Waals surface area contributed by atoms with Gasteiger partial charge in [-0.1, -0.05) is 6.92 Å². The zero-order valence-electron chi connectivity index (χ0n) is 12.4. The van der Waals surface area contributed by atoms with Crippen LogP contribution in [0.15, 0.2) is 0 Å². The van der Waals surface area contributed by atoms with Crippen LogP contribution < -0.4 is 5.32 Å². The number of aliphatic carboxylic acids is 1. The Balaban J connectivity index is 2.17. The molecule has 1 saturated heterocycles. The van der Waals surface area contributed by atoms with E-state index in [-0.39, 0.29) is 12.5 Å². The van der Waals surface area contributed by atoms with Crippen LogP contribution in [0.4, 0.5) is 4.79 Å². The molecule has 5 nitrogen and oxygen atoms in total. The summed E-state index contributed by atoms with van der Waals surface area (Å²) in [5.74, 6) is -0.278. The van der Waals surface area contributed by atoms with E-state index in [0.717, 1.165) is 45.3 Å². The summed E-state index contributed by atoms with van der Waals surface area (Å²) in [4.78, 5) is 24.3. The Morgan fingerprint density at radius 3 is 2.60 bits per heavy atom. The maximum atomic E-state index is 12.0. The smallest absolute Gasteiger partial charge is 0.317 e. The van der Waals surface area contributed by atoms with Gasteiger partial charge in [0.05, 0.1) is 0 Å². The number of carbonyl (C=O) groups is 2. The molecule has 0 aromatic carbocycles. The molecular weight excluding hydrogens is 276 g/mol. The Kier molecular flexibility index (Phi) is 7.80. The average molecular weight is 302 g/mol. The highest BCUT2D eigenvalue weighted by atomic mass is 32.2. The summed E-state index contributed by atoms with van der Waals surface area (Å²) in [7, 11) is 0. The van der Waals surface area contributed by atoms with Crippen LogP contribution in [0.2, 0.25) is 0 Å². The third kappa shape index (κ3) is 6.50. The summed E-state index contributed by atoms with van der Waals surface area (Å²) < 4.78 is 0. The molecule has 0 aliphatic carbocycles. The Hall–Kier alpha value is -0.910. The number of carboxylic acid groups (broad SMARTS) is 1. The van der Waals surface area contributed by atoms with Gasteiger partial charge in [-0.05, 0) is 37.9 Å². The lowest BCUT2D eigenvalue weighted by atomic mass is 9.92. The molecule has 1 atom stereocenters. The molecule has 116 valence electrons. The highest BCUT2D eigenvalue weighted by Gasteiger charge is 2.22. The van der Waals surface area contributed by atoms with Gasteiger partial charge in [-0.3, -0.25) is 4.79 Å². The van der Waals surface area contributed by atoms with Crippen molar-refractivity contribution in [2.75, 3.05) is 25.9 Å². The number of piperidine rings is 1. The lowest BCUT2D eigenvalue weighted by Crippen LogP contribution is -2.45. The van der Waals surface area contributed by atoms with E-state index in [9.17, 15) is 9.59 Å². The number of nitrogens with zero attached hydrogens (tertiary/aromatic N) is 1. The number of likely N-dealkylation sites (tertiary alicyclic amines) is 1. The molecule has 2 N–H and O–H groups in total. The highest BCUT2D eigenvalue weighted by molar-refractivity contribution is 7.99. The Morgan fingerprint density at radius 1 is 1.40 bits per heavy atom. The second-order valence-electron chi connectivity index (χ2n) is 5.43. The van der Waals surface area contributed by atoms with Crippen LogP contribution in [-0.2, 0) is 4.79 Å². The fourth-order valence-electron chi connectivity index (χ4n) is 2.36. The van der Waals surface area contributed by atoms with E-state index in [1.165, 1.54) is 0 Å². The fourth-order valence-corrected chi connectivity index (χ4v) is 2.72. The van der Waals surface area contributed by atoms with E-state index in [0.29, 0.717) is 11.2 Å². The van der Waals surface area contributed by atoms with Crippen LogP contribution in [0.5, 0.6) is 0 Å². The molecule has 0 aromatic heterocycles. The monoisotopic (exact) mass is 302 g/mol. The van der Waals surface area contributed by atoms with Gasteiger partial charge in [0.2, 0.25) is 0 Å². The van der Waals surface area contributed by atoms with Crippen molar-refractivity contribution in [2.24, 2.45) is 5.92 Å². The first-order valence-corrected chi connectivity index (χ1v) is 8.59. The van der Waals surface area contributed by atoms with E-state index in [1.54, 1.807) is 0 Å². The average Bonchev–Trinajstić information content (AvgIpc) is 2.45. The van der Waals surface area contributed by atoms with E-state index < -0.39 is 5.97 Å². The zero-order chi connectivity index (χ0) is 15.0. The van der Waals surface area contributed by atoms with E-state index >= 15 is 0 Å². The van der Waals surface area contributed by atoms with Crippen molar-refractivity contribution >= 4 is 23.8 Å². The number of urea groups is 1. The maximum absolute atomic E-state index is 12.0. The van der Waals surface area contributed by atoms with Crippen LogP contribution in [0, 0.1) is 5.92 Å². The molecular formula is C14H26N2O3S. The Labute approximate surface area is 125 Å². The van der Waals surface area contributed by atoms with Crippen LogP contribution in [0.25, 0.3) is 0 Å². The van der Waals surface area contributed by atoms with E-state index in [2.05, 4.69) is 18.5 Å². The summed E-state index contributed by atoms with van der Waals surface area (Å²) in [5, 5.41) is 12.2. The maximum Gasteiger partial charge on any atom is 0.317 e. The molecule has 0 radical (unpaired) electrons. The van der Waals surface area contributed by atoms with Crippen molar-refractivity contribution in [1.82, 2.24) is 10.2 Å². The number of hydrogen-bond acceptors (Lipinski definition) is 3. The normalized spacial score (nSPS) is 17.8. The number of hydrogen-bond donors (Lipinski definition) is 2. The van der Waals surface area contributed by atoms with Crippen LogP contribution >= 0.6 is 11.8 Å². The first kappa shape index (κ1) is 17.1. The molecule has 1 heterocycles. The predicted molar refractivity (Wildman–Crippen MR) is 82.2 cm³/mol. The van der Waals surface area contributed by atoms with Crippen molar-refractivity contribution in [3.05, 3.63) is 0 Å². The van der Waals surface area contributed by atoms with Crippen LogP contribution in [0.3, 0.4) is 0 Å². The Morgan fingerprint density at radius 2 is 2.05 bits per heavy atom. The second kappa shape index (κ2) is 9.10. The minimum absolute atomic E-state index is 0.0231. The van der Waals surface area contributed by atoms with Crippen LogP contribution in [0.1, 0.15) is 39.0 Å². The third-order valence-electron chi connectivity index (χ3n) is 3.90. The summed E-state index contributed by atoms with van der Waals surface area (Å²) in [5.41, 5.74) is 0. The zero-order valence-corrected chi connectivity index (χ0v) is 13.2. The van der Waals surface area contributed by atoms with Crippen molar-refractivity contribution in [1.29, 1.82) is 0 Å². The molecule has 1 aliphatic rings. The number of carbonyl (C=O) groups excluding carboxylic acids is 1. The highest BCUT2D eigenvalue weighted by Crippen LogP contribution is 2.21. The molecule has 2 amide bonds. The Bertz CT molecular complexity index is 318. The molecule has 0 bridgehead atoms. The van der Waals surface area contributed by atoms with Crippen molar-refractivity contribution in [3.63, 3.8) is 0 Å². The minimum Gasteiger partial charge on any atom is -0.481 e. The minimum atomic E-state index is -0.729. The molecule has 1 rings (SSSR count). The number of thioether (sulfide) groups is 1. The van der Waals surface area contributed by atoms with E-state index in [4.69, 9.17) is 5.11 Å². The molecule has 20 heavy (non-hydrogen) atoms. The van der Waals surface area contributed by atoms with Crippen LogP contribution in [-0.4, -0.2) is 53.1 Å². The van der Waals surface area contributed by atoms with Gasteiger partial charge in [-0.15, -0.1) is 0 Å². The SMILES string of the molecule is CSC(C)CCNC(=O)N1CCC(CCC(=O)O)CC1. The predicted octanol–water partition coefficient (Wildman–Crippen LogP) is 2.41. The summed E-state index contributed by atoms with van der Waals surface area (Å²) in [6.07, 6.45) is 5.87. The van der Waals surface area contributed by atoms with Gasteiger partial charge in [0.25, 0.3) is 0 Å². The number of rotatable bonds is 7. The van der Waals surface area contributed by atoms with E-state index in [1.807, 2.05) is 16.7 Å². The quantitative estimate of drug-likeness (QED) is 0.758. The molecule has 0 saturated carbocycles. The van der Waals surface area contributed by atoms with Gasteiger partial charge in [0.15, 0.2) is 0 Å². The molecule has 0 aromatic rings. The molecule has 1 unspecified atom stereocenters. The second-order valence-corrected chi connectivity index (χ2v) is 6.71. The van der Waals surface area contributed by atoms with Gasteiger partial charge in [-0.2, -0.15) is 11.8 Å². The molecule has 6 heteroatoms. The standard InChI is InChI=1S/C14H26N2O3S/c1-11(20-2)5-8-15-14(19)16-9-6-12(7-10-16)3-4-13(17)18/h11-12H,3-10H2,1-2H3,(H,15,19)(H,17,18). The summed E-state index contributed by atoms with van der Waals surface area (Å²) >= 11 is 1.81. The first-order valence-electron chi connectivity index (χ1n) is 7.30. The molecule has 0 spiro atoms. The lowest BCUT2D eigenvalue weighted by molar-refractivity contribution is -0.137. The van der Waals surface area contributed by atoms with Crippen molar-refractivity contribution in [3.8, 4) is 0 Å². The third-order valence-corrected chi connectivity index (χ3v) is 4.94. The largest absolute Gasteiger partial charge is 0.481 e.